The molecule has 0 heterocycles. The van der Waals surface area contributed by atoms with Crippen LogP contribution in [0.15, 0.2) is 36.4 Å². The third kappa shape index (κ3) is 8.00. The molecule has 0 aliphatic heterocycles. The zero-order chi connectivity index (χ0) is 26.3. The molecule has 0 spiro atoms. The maximum Gasteiger partial charge on any atom is 0.242 e. The number of hydrogen-bond donors (Lipinski definition) is 1. The lowest BCUT2D eigenvalue weighted by Crippen LogP contribution is -2.47. The topological polar surface area (TPSA) is 86.8 Å². The van der Waals surface area contributed by atoms with Crippen molar-refractivity contribution in [1.82, 2.24) is 10.2 Å². The molecule has 0 radical (unpaired) electrons. The van der Waals surface area contributed by atoms with Crippen LogP contribution in [0, 0.1) is 6.92 Å². The molecule has 0 aliphatic rings. The predicted octanol–water partition coefficient (Wildman–Crippen LogP) is 5.05. The summed E-state index contributed by atoms with van der Waals surface area (Å²) in [4.78, 5) is 27.2. The molecule has 0 saturated carbocycles. The maximum absolute atomic E-state index is 13.2. The van der Waals surface area contributed by atoms with Gasteiger partial charge in [-0.2, -0.15) is 0 Å². The third-order valence-corrected chi connectivity index (χ3v) is 7.84. The van der Waals surface area contributed by atoms with E-state index in [0.717, 1.165) is 11.8 Å². The summed E-state index contributed by atoms with van der Waals surface area (Å²) >= 11 is 18.3. The van der Waals surface area contributed by atoms with Crippen LogP contribution >= 0.6 is 34.8 Å². The van der Waals surface area contributed by atoms with Crippen molar-refractivity contribution < 1.29 is 18.0 Å². The van der Waals surface area contributed by atoms with Gasteiger partial charge in [0.05, 0.1) is 22.0 Å². The van der Waals surface area contributed by atoms with E-state index in [1.807, 2.05) is 0 Å². The normalized spacial score (nSPS) is 12.2. The summed E-state index contributed by atoms with van der Waals surface area (Å²) in [6.45, 7) is 5.86. The molecule has 35 heavy (non-hydrogen) atoms. The van der Waals surface area contributed by atoms with Crippen LogP contribution in [0.3, 0.4) is 0 Å². The Labute approximate surface area is 222 Å². The number of benzene rings is 2. The monoisotopic (exact) mass is 561 g/mol. The van der Waals surface area contributed by atoms with Gasteiger partial charge in [-0.3, -0.25) is 13.9 Å². The van der Waals surface area contributed by atoms with Crippen LogP contribution < -0.4 is 9.62 Å². The molecule has 192 valence electrons. The van der Waals surface area contributed by atoms with E-state index in [4.69, 9.17) is 34.8 Å². The number of halogens is 3. The maximum atomic E-state index is 13.2. The second-order valence-corrected chi connectivity index (χ2v) is 11.3. The fraction of sp³-hybridized carbons (Fsp3) is 0.417. The lowest BCUT2D eigenvalue weighted by molar-refractivity contribution is -0.140. The number of sulfonamides is 1. The molecular weight excluding hydrogens is 533 g/mol. The molecule has 1 atom stereocenters. The minimum absolute atomic E-state index is 0.0384. The Bertz CT molecular complexity index is 1170. The number of nitrogens with zero attached hydrogens (tertiary/aromatic N) is 2. The van der Waals surface area contributed by atoms with E-state index in [0.29, 0.717) is 32.9 Å². The van der Waals surface area contributed by atoms with Gasteiger partial charge in [-0.15, -0.1) is 0 Å². The van der Waals surface area contributed by atoms with Crippen molar-refractivity contribution >= 4 is 62.3 Å². The van der Waals surface area contributed by atoms with E-state index in [1.54, 1.807) is 57.2 Å². The highest BCUT2D eigenvalue weighted by Gasteiger charge is 2.27. The molecule has 0 aliphatic carbocycles. The number of amides is 2. The van der Waals surface area contributed by atoms with Gasteiger partial charge in [0.25, 0.3) is 0 Å². The van der Waals surface area contributed by atoms with Crippen molar-refractivity contribution in [2.24, 2.45) is 0 Å². The van der Waals surface area contributed by atoms with Crippen LogP contribution in [0.4, 0.5) is 5.69 Å². The number of carbonyl (C=O) groups excluding carboxylic acids is 2. The fourth-order valence-electron chi connectivity index (χ4n) is 3.59. The van der Waals surface area contributed by atoms with Crippen molar-refractivity contribution in [2.75, 3.05) is 23.7 Å². The van der Waals surface area contributed by atoms with Gasteiger partial charge in [0.1, 0.15) is 6.04 Å². The molecular formula is C24H30Cl3N3O4S. The average Bonchev–Trinajstić information content (AvgIpc) is 2.78. The molecule has 0 fully saturated rings. The first-order valence-corrected chi connectivity index (χ1v) is 14.1. The van der Waals surface area contributed by atoms with Gasteiger partial charge in [-0.05, 0) is 62.6 Å². The molecule has 0 bridgehead atoms. The lowest BCUT2D eigenvalue weighted by atomic mass is 10.1. The zero-order valence-electron chi connectivity index (χ0n) is 20.1. The van der Waals surface area contributed by atoms with Crippen LogP contribution in [0.25, 0.3) is 0 Å². The van der Waals surface area contributed by atoms with Gasteiger partial charge in [0.15, 0.2) is 0 Å². The first kappa shape index (κ1) is 29.2. The van der Waals surface area contributed by atoms with Crippen LogP contribution in [0.5, 0.6) is 0 Å². The van der Waals surface area contributed by atoms with Crippen molar-refractivity contribution in [3.8, 4) is 0 Å². The molecule has 0 aromatic heterocycles. The van der Waals surface area contributed by atoms with Crippen LogP contribution in [-0.4, -0.2) is 50.5 Å². The Balaban J connectivity index is 2.21. The van der Waals surface area contributed by atoms with E-state index in [2.05, 4.69) is 5.32 Å². The zero-order valence-corrected chi connectivity index (χ0v) is 23.2. The number of rotatable bonds is 11. The van der Waals surface area contributed by atoms with Crippen LogP contribution in [-0.2, 0) is 26.2 Å². The van der Waals surface area contributed by atoms with E-state index in [9.17, 15) is 18.0 Å². The van der Waals surface area contributed by atoms with E-state index >= 15 is 0 Å². The SMILES string of the molecule is CCNC(=O)[C@H](C)N(Cc1ccc(Cl)c(Cl)c1)C(=O)CCCN(c1cccc(Cl)c1C)S(C)(=O)=O. The molecule has 2 rings (SSSR count). The van der Waals surface area contributed by atoms with Gasteiger partial charge in [0.2, 0.25) is 21.8 Å². The molecule has 0 unspecified atom stereocenters. The molecule has 7 nitrogen and oxygen atoms in total. The van der Waals surface area contributed by atoms with Crippen LogP contribution in [0.1, 0.15) is 37.8 Å². The van der Waals surface area contributed by atoms with Crippen molar-refractivity contribution in [3.05, 3.63) is 62.6 Å². The highest BCUT2D eigenvalue weighted by molar-refractivity contribution is 7.92. The highest BCUT2D eigenvalue weighted by Crippen LogP contribution is 2.29. The predicted molar refractivity (Wildman–Crippen MR) is 143 cm³/mol. The largest absolute Gasteiger partial charge is 0.355 e. The minimum Gasteiger partial charge on any atom is -0.355 e. The standard InChI is InChI=1S/C24H30Cl3N3O4S/c1-5-28-24(32)17(3)29(15-18-11-12-20(26)21(27)14-18)23(31)10-7-13-30(35(4,33)34)22-9-6-8-19(25)16(22)2/h6,8-9,11-12,14,17H,5,7,10,13,15H2,1-4H3,(H,28,32)/t17-/m0/s1. The molecule has 2 aromatic carbocycles. The van der Waals surface area contributed by atoms with Gasteiger partial charge >= 0.3 is 0 Å². The Morgan fingerprint density at radius 2 is 1.74 bits per heavy atom. The molecule has 1 N–H and O–H groups in total. The van der Waals surface area contributed by atoms with Gasteiger partial charge < -0.3 is 10.2 Å². The van der Waals surface area contributed by atoms with Crippen molar-refractivity contribution in [2.45, 2.75) is 46.2 Å². The van der Waals surface area contributed by atoms with E-state index in [-0.39, 0.29) is 37.7 Å². The van der Waals surface area contributed by atoms with Gasteiger partial charge in [0, 0.05) is 31.1 Å². The summed E-state index contributed by atoms with van der Waals surface area (Å²) in [7, 11) is -3.61. The molecule has 2 aromatic rings. The second-order valence-electron chi connectivity index (χ2n) is 8.16. The number of likely N-dealkylation sites (N-methyl/N-ethyl adjacent to an activating group) is 1. The van der Waals surface area contributed by atoms with E-state index < -0.39 is 16.1 Å². The summed E-state index contributed by atoms with van der Waals surface area (Å²) in [6.07, 6.45) is 1.40. The Morgan fingerprint density at radius 3 is 2.34 bits per heavy atom. The number of nitrogens with one attached hydrogen (secondary N) is 1. The van der Waals surface area contributed by atoms with Crippen molar-refractivity contribution in [1.29, 1.82) is 0 Å². The van der Waals surface area contributed by atoms with E-state index in [1.165, 1.54) is 9.21 Å². The van der Waals surface area contributed by atoms with Crippen LogP contribution in [0.2, 0.25) is 15.1 Å². The molecule has 0 saturated heterocycles. The smallest absolute Gasteiger partial charge is 0.242 e. The van der Waals surface area contributed by atoms with Crippen molar-refractivity contribution in [3.63, 3.8) is 0 Å². The lowest BCUT2D eigenvalue weighted by Gasteiger charge is -2.29. The average molecular weight is 563 g/mol. The summed E-state index contributed by atoms with van der Waals surface area (Å²) in [5.41, 5.74) is 1.82. The quantitative estimate of drug-likeness (QED) is 0.415. The number of carbonyl (C=O) groups is 2. The molecule has 11 heteroatoms. The third-order valence-electron chi connectivity index (χ3n) is 5.52. The highest BCUT2D eigenvalue weighted by atomic mass is 35.5. The summed E-state index contributed by atoms with van der Waals surface area (Å²) in [6, 6.07) is 9.34. The first-order valence-electron chi connectivity index (χ1n) is 11.1. The number of anilines is 1. The second kappa shape index (κ2) is 12.8. The Kier molecular flexibility index (Phi) is 10.7. The summed E-state index contributed by atoms with van der Waals surface area (Å²) < 4.78 is 26.2. The number of hydrogen-bond acceptors (Lipinski definition) is 4. The van der Waals surface area contributed by atoms with Gasteiger partial charge in [-0.25, -0.2) is 8.42 Å². The first-order chi connectivity index (χ1) is 16.4. The van der Waals surface area contributed by atoms with Gasteiger partial charge in [-0.1, -0.05) is 46.9 Å². The summed E-state index contributed by atoms with van der Waals surface area (Å²) in [5.74, 6) is -0.570. The summed E-state index contributed by atoms with van der Waals surface area (Å²) in [5, 5.41) is 3.93. The molecule has 2 amide bonds. The minimum atomic E-state index is -3.61. The Morgan fingerprint density at radius 1 is 1.06 bits per heavy atom. The fourth-order valence-corrected chi connectivity index (χ4v) is 5.09. The Hall–Kier alpha value is -2.00.